The first-order valence-corrected chi connectivity index (χ1v) is 9.72. The number of hydrogen-bond donors (Lipinski definition) is 3. The van der Waals surface area contributed by atoms with Crippen LogP contribution in [0, 0.1) is 0 Å². The molecule has 0 spiro atoms. The van der Waals surface area contributed by atoms with Crippen molar-refractivity contribution in [1.82, 2.24) is 25.6 Å². The van der Waals surface area contributed by atoms with Crippen LogP contribution in [0.3, 0.4) is 0 Å². The molecular weight excluding hydrogens is 322 g/mol. The summed E-state index contributed by atoms with van der Waals surface area (Å²) in [5, 5.41) is 7.18. The lowest BCUT2D eigenvalue weighted by molar-refractivity contribution is 0.439. The molecule has 3 N–H and O–H groups in total. The number of aryl methyl sites for hydroxylation is 1. The number of hydrogen-bond acceptors (Lipinski definition) is 4. The largest absolute Gasteiger partial charge is 0.341 e. The van der Waals surface area contributed by atoms with E-state index in [-0.39, 0.29) is 0 Å². The van der Waals surface area contributed by atoms with Gasteiger partial charge in [-0.1, -0.05) is 18.2 Å². The van der Waals surface area contributed by atoms with Crippen LogP contribution in [0.1, 0.15) is 48.8 Å². The highest BCUT2D eigenvalue weighted by molar-refractivity contribution is 5.74. The lowest BCUT2D eigenvalue weighted by Gasteiger charge is -2.25. The summed E-state index contributed by atoms with van der Waals surface area (Å²) in [6.45, 7) is 2.85. The Bertz CT molecular complexity index is 808. The molecule has 1 atom stereocenters. The number of imidazole rings is 1. The van der Waals surface area contributed by atoms with Gasteiger partial charge in [0.15, 0.2) is 0 Å². The number of pyridine rings is 1. The Labute approximate surface area is 154 Å². The summed E-state index contributed by atoms with van der Waals surface area (Å²) in [6.07, 6.45) is 7.89. The summed E-state index contributed by atoms with van der Waals surface area (Å²) in [7, 11) is 0. The van der Waals surface area contributed by atoms with E-state index in [1.165, 1.54) is 36.9 Å². The number of nitrogens with one attached hydrogen (secondary N) is 3. The Morgan fingerprint density at radius 1 is 1.08 bits per heavy atom. The van der Waals surface area contributed by atoms with E-state index in [9.17, 15) is 0 Å². The Morgan fingerprint density at radius 3 is 2.96 bits per heavy atom. The second-order valence-corrected chi connectivity index (χ2v) is 7.03. The van der Waals surface area contributed by atoms with Crippen molar-refractivity contribution in [3.8, 4) is 0 Å². The molecule has 0 fully saturated rings. The fourth-order valence-corrected chi connectivity index (χ4v) is 3.76. The quantitative estimate of drug-likeness (QED) is 0.545. The van der Waals surface area contributed by atoms with Crippen LogP contribution in [0.25, 0.3) is 11.0 Å². The maximum absolute atomic E-state index is 4.60. The monoisotopic (exact) mass is 349 g/mol. The van der Waals surface area contributed by atoms with Crippen molar-refractivity contribution in [1.29, 1.82) is 0 Å². The molecule has 136 valence electrons. The third-order valence-corrected chi connectivity index (χ3v) is 5.10. The van der Waals surface area contributed by atoms with E-state index in [1.54, 1.807) is 0 Å². The van der Waals surface area contributed by atoms with Gasteiger partial charge in [-0.05, 0) is 69.0 Å². The zero-order valence-corrected chi connectivity index (χ0v) is 15.2. The first-order valence-electron chi connectivity index (χ1n) is 9.72. The number of H-pyrrole nitrogens is 1. The van der Waals surface area contributed by atoms with Gasteiger partial charge in [-0.25, -0.2) is 4.98 Å². The topological polar surface area (TPSA) is 65.6 Å². The van der Waals surface area contributed by atoms with Gasteiger partial charge in [0.25, 0.3) is 0 Å². The van der Waals surface area contributed by atoms with Gasteiger partial charge in [-0.15, -0.1) is 0 Å². The Hall–Kier alpha value is -2.24. The molecule has 1 aliphatic rings. The van der Waals surface area contributed by atoms with Crippen LogP contribution in [-0.2, 0) is 13.0 Å². The molecule has 3 aromatic rings. The molecule has 1 aromatic carbocycles. The Balaban J connectivity index is 1.14. The van der Waals surface area contributed by atoms with E-state index in [1.807, 2.05) is 24.4 Å². The van der Waals surface area contributed by atoms with E-state index in [4.69, 9.17) is 0 Å². The van der Waals surface area contributed by atoms with Gasteiger partial charge in [-0.3, -0.25) is 4.98 Å². The van der Waals surface area contributed by atoms with Crippen LogP contribution in [0.2, 0.25) is 0 Å². The van der Waals surface area contributed by atoms with Gasteiger partial charge in [0.05, 0.1) is 23.3 Å². The van der Waals surface area contributed by atoms with Gasteiger partial charge in [0.2, 0.25) is 0 Å². The SMILES string of the molecule is c1cnc2c(c1)CCC[C@H]2NCCCCNCc1nc2ccccc2[nH]1. The minimum Gasteiger partial charge on any atom is -0.341 e. The molecule has 5 heteroatoms. The van der Waals surface area contributed by atoms with Gasteiger partial charge in [0, 0.05) is 12.2 Å². The van der Waals surface area contributed by atoms with E-state index in [0.717, 1.165) is 42.9 Å². The maximum Gasteiger partial charge on any atom is 0.121 e. The number of fused-ring (bicyclic) bond motifs is 2. The minimum atomic E-state index is 0.434. The molecule has 4 rings (SSSR count). The molecule has 0 saturated carbocycles. The van der Waals surface area contributed by atoms with Crippen LogP contribution in [-0.4, -0.2) is 28.0 Å². The number of para-hydroxylation sites is 2. The van der Waals surface area contributed by atoms with Crippen molar-refractivity contribution >= 4 is 11.0 Å². The van der Waals surface area contributed by atoms with E-state index < -0.39 is 0 Å². The highest BCUT2D eigenvalue weighted by Gasteiger charge is 2.20. The zero-order chi connectivity index (χ0) is 17.6. The van der Waals surface area contributed by atoms with E-state index >= 15 is 0 Å². The van der Waals surface area contributed by atoms with Crippen molar-refractivity contribution in [3.05, 3.63) is 59.7 Å². The summed E-state index contributed by atoms with van der Waals surface area (Å²) >= 11 is 0. The minimum absolute atomic E-state index is 0.434. The van der Waals surface area contributed by atoms with Gasteiger partial charge >= 0.3 is 0 Å². The van der Waals surface area contributed by atoms with E-state index in [0.29, 0.717) is 6.04 Å². The van der Waals surface area contributed by atoms with Crippen LogP contribution in [0.4, 0.5) is 0 Å². The van der Waals surface area contributed by atoms with E-state index in [2.05, 4.69) is 43.8 Å². The number of nitrogens with zero attached hydrogens (tertiary/aromatic N) is 2. The summed E-state index contributed by atoms with van der Waals surface area (Å²) in [6, 6.07) is 12.9. The van der Waals surface area contributed by atoms with Crippen LogP contribution >= 0.6 is 0 Å². The average Bonchev–Trinajstić information content (AvgIpc) is 3.10. The normalized spacial score (nSPS) is 16.7. The smallest absolute Gasteiger partial charge is 0.121 e. The molecule has 0 amide bonds. The Kier molecular flexibility index (Phi) is 5.57. The second kappa shape index (κ2) is 8.43. The summed E-state index contributed by atoms with van der Waals surface area (Å²) in [5.41, 5.74) is 4.83. The number of aromatic amines is 1. The van der Waals surface area contributed by atoms with Crippen molar-refractivity contribution in [2.75, 3.05) is 13.1 Å². The molecule has 2 heterocycles. The molecule has 0 bridgehead atoms. The fraction of sp³-hybridized carbons (Fsp3) is 0.429. The number of unbranched alkanes of at least 4 members (excludes halogenated alkanes) is 1. The second-order valence-electron chi connectivity index (χ2n) is 7.03. The van der Waals surface area contributed by atoms with Gasteiger partial charge in [0.1, 0.15) is 5.82 Å². The molecule has 5 nitrogen and oxygen atoms in total. The molecule has 0 radical (unpaired) electrons. The zero-order valence-electron chi connectivity index (χ0n) is 15.2. The van der Waals surface area contributed by atoms with Crippen molar-refractivity contribution in [2.24, 2.45) is 0 Å². The van der Waals surface area contributed by atoms with Crippen LogP contribution in [0.15, 0.2) is 42.6 Å². The maximum atomic E-state index is 4.60. The van der Waals surface area contributed by atoms with Gasteiger partial charge in [-0.2, -0.15) is 0 Å². The third-order valence-electron chi connectivity index (χ3n) is 5.10. The lowest BCUT2D eigenvalue weighted by Crippen LogP contribution is -2.27. The fourth-order valence-electron chi connectivity index (χ4n) is 3.76. The first kappa shape index (κ1) is 17.2. The van der Waals surface area contributed by atoms with Crippen molar-refractivity contribution < 1.29 is 0 Å². The molecular formula is C21H27N5. The molecule has 0 aliphatic heterocycles. The standard InChI is InChI=1S/C21H27N5/c1-2-10-18-17(9-1)25-20(26-18)15-22-12-3-4-13-23-19-11-5-7-16-8-6-14-24-21(16)19/h1-2,6,8-10,14,19,22-23H,3-5,7,11-13,15H2,(H,25,26)/t19-/m1/s1. The van der Waals surface area contributed by atoms with Gasteiger partial charge < -0.3 is 15.6 Å². The lowest BCUT2D eigenvalue weighted by atomic mass is 9.92. The predicted molar refractivity (Wildman–Crippen MR) is 105 cm³/mol. The average molecular weight is 349 g/mol. The van der Waals surface area contributed by atoms with Crippen LogP contribution < -0.4 is 10.6 Å². The molecule has 2 aromatic heterocycles. The van der Waals surface area contributed by atoms with Crippen molar-refractivity contribution in [3.63, 3.8) is 0 Å². The number of rotatable bonds is 8. The molecule has 0 saturated heterocycles. The van der Waals surface area contributed by atoms with Crippen molar-refractivity contribution in [2.45, 2.75) is 44.7 Å². The summed E-state index contributed by atoms with van der Waals surface area (Å²) in [4.78, 5) is 12.5. The number of aromatic nitrogens is 3. The third kappa shape index (κ3) is 4.11. The number of benzene rings is 1. The predicted octanol–water partition coefficient (Wildman–Crippen LogP) is 3.49. The highest BCUT2D eigenvalue weighted by Crippen LogP contribution is 2.27. The first-order chi connectivity index (χ1) is 12.9. The summed E-state index contributed by atoms with van der Waals surface area (Å²) < 4.78 is 0. The Morgan fingerprint density at radius 2 is 2.00 bits per heavy atom. The molecule has 0 unspecified atom stereocenters. The van der Waals surface area contributed by atoms with Crippen LogP contribution in [0.5, 0.6) is 0 Å². The highest BCUT2D eigenvalue weighted by atomic mass is 15.0. The molecule has 1 aliphatic carbocycles. The summed E-state index contributed by atoms with van der Waals surface area (Å²) in [5.74, 6) is 1.01. The molecule has 26 heavy (non-hydrogen) atoms.